The number of rotatable bonds is 22. The fourth-order valence-electron chi connectivity index (χ4n) is 3.91. The van der Waals surface area contributed by atoms with Crippen LogP contribution in [0.15, 0.2) is 0 Å². The van der Waals surface area contributed by atoms with Crippen molar-refractivity contribution in [2.75, 3.05) is 0 Å². The van der Waals surface area contributed by atoms with Gasteiger partial charge in [-0.15, -0.1) is 0 Å². The summed E-state index contributed by atoms with van der Waals surface area (Å²) in [6.07, 6.45) is 23.6. The van der Waals surface area contributed by atoms with Crippen molar-refractivity contribution in [1.82, 2.24) is 0 Å². The average molecular weight is 457 g/mol. The molecule has 0 heterocycles. The first-order valence-corrected chi connectivity index (χ1v) is 14.0. The maximum atomic E-state index is 10.8. The Morgan fingerprint density at radius 3 is 1.23 bits per heavy atom. The van der Waals surface area contributed by atoms with Crippen molar-refractivity contribution in [2.24, 2.45) is 0 Å². The van der Waals surface area contributed by atoms with Crippen molar-refractivity contribution in [3.63, 3.8) is 0 Å². The molecule has 0 aromatic rings. The minimum absolute atomic E-state index is 0. The second kappa shape index (κ2) is 23.0. The van der Waals surface area contributed by atoms with Gasteiger partial charge in [0.2, 0.25) is 0 Å². The number of aliphatic hydroxyl groups excluding tert-OH is 1. The monoisotopic (exact) mass is 456 g/mol. The van der Waals surface area contributed by atoms with Gasteiger partial charge in [0.1, 0.15) is 0 Å². The van der Waals surface area contributed by atoms with E-state index in [0.29, 0.717) is 6.42 Å². The van der Waals surface area contributed by atoms with Crippen molar-refractivity contribution in [3.05, 3.63) is 0 Å². The van der Waals surface area contributed by atoms with Gasteiger partial charge in [-0.25, -0.2) is 8.42 Å². The van der Waals surface area contributed by atoms with Gasteiger partial charge in [0, 0.05) is 5.25 Å². The van der Waals surface area contributed by atoms with Crippen molar-refractivity contribution >= 4 is 10.1 Å². The minimum Gasteiger partial charge on any atom is -0.748 e. The molecular formula is C24H49NaO4S. The predicted molar refractivity (Wildman–Crippen MR) is 123 cm³/mol. The summed E-state index contributed by atoms with van der Waals surface area (Å²) in [5, 5.41) is 8.96. The molecule has 0 bridgehead atoms. The van der Waals surface area contributed by atoms with Crippen molar-refractivity contribution in [3.8, 4) is 0 Å². The molecule has 30 heavy (non-hydrogen) atoms. The molecule has 4 nitrogen and oxygen atoms in total. The Morgan fingerprint density at radius 1 is 0.633 bits per heavy atom. The summed E-state index contributed by atoms with van der Waals surface area (Å²) in [7, 11) is -4.09. The molecule has 6 heteroatoms. The first kappa shape index (κ1) is 33.0. The Hall–Kier alpha value is 0.870. The third kappa shape index (κ3) is 23.5. The van der Waals surface area contributed by atoms with Crippen LogP contribution >= 0.6 is 0 Å². The van der Waals surface area contributed by atoms with Gasteiger partial charge in [-0.05, 0) is 26.2 Å². The van der Waals surface area contributed by atoms with E-state index in [4.69, 9.17) is 0 Å². The van der Waals surface area contributed by atoms with Gasteiger partial charge in [-0.3, -0.25) is 0 Å². The maximum absolute atomic E-state index is 10.8. The zero-order valence-electron chi connectivity index (χ0n) is 20.4. The molecule has 0 aliphatic carbocycles. The normalized spacial score (nSPS) is 13.7. The molecule has 2 atom stereocenters. The van der Waals surface area contributed by atoms with E-state index in [1.807, 2.05) is 0 Å². The molecule has 0 aromatic carbocycles. The molecule has 0 aliphatic rings. The third-order valence-electron chi connectivity index (χ3n) is 6.01. The van der Waals surface area contributed by atoms with Crippen LogP contribution in [0.4, 0.5) is 0 Å². The van der Waals surface area contributed by atoms with Crippen LogP contribution in [0, 0.1) is 0 Å². The Kier molecular flexibility index (Phi) is 25.4. The molecule has 0 aliphatic heterocycles. The maximum Gasteiger partial charge on any atom is 1.00 e. The SMILES string of the molecule is CCCC(O)CCCCCCCCCCCCCCCCCCC(C)S(=O)(=O)[O-].[Na+]. The fraction of sp³-hybridized carbons (Fsp3) is 1.00. The first-order valence-electron chi connectivity index (χ1n) is 12.5. The molecule has 176 valence electrons. The summed E-state index contributed by atoms with van der Waals surface area (Å²) in [5.41, 5.74) is 0. The van der Waals surface area contributed by atoms with Crippen LogP contribution < -0.4 is 29.6 Å². The standard InChI is InChI=1S/C24H50O4S.Na/c1-3-20-24(25)22-19-17-15-13-11-9-7-5-4-6-8-10-12-14-16-18-21-23(2)29(26,27)28;/h23-25H,3-22H2,1-2H3,(H,26,27,28);/q;+1/p-1. The van der Waals surface area contributed by atoms with Crippen LogP contribution in [0.5, 0.6) is 0 Å². The number of hydrogen-bond acceptors (Lipinski definition) is 4. The topological polar surface area (TPSA) is 77.4 Å². The molecule has 0 radical (unpaired) electrons. The van der Waals surface area contributed by atoms with Crippen molar-refractivity contribution in [2.45, 2.75) is 154 Å². The number of unbranched alkanes of at least 4 members (excludes halogenated alkanes) is 15. The number of aliphatic hydroxyl groups is 1. The van der Waals surface area contributed by atoms with Gasteiger partial charge in [-0.2, -0.15) is 0 Å². The summed E-state index contributed by atoms with van der Waals surface area (Å²) in [5.74, 6) is 0. The van der Waals surface area contributed by atoms with Crippen LogP contribution in [0.1, 0.15) is 142 Å². The van der Waals surface area contributed by atoms with Gasteiger partial charge in [0.25, 0.3) is 0 Å². The van der Waals surface area contributed by atoms with E-state index in [2.05, 4.69) is 6.92 Å². The van der Waals surface area contributed by atoms with Crippen LogP contribution in [-0.2, 0) is 10.1 Å². The van der Waals surface area contributed by atoms with Crippen molar-refractivity contribution in [1.29, 1.82) is 0 Å². The van der Waals surface area contributed by atoms with Crippen molar-refractivity contribution < 1.29 is 47.6 Å². The molecule has 0 saturated carbocycles. The van der Waals surface area contributed by atoms with Gasteiger partial charge in [0.05, 0.1) is 16.2 Å². The molecule has 2 unspecified atom stereocenters. The molecule has 0 saturated heterocycles. The Balaban J connectivity index is 0. The molecule has 0 spiro atoms. The van der Waals surface area contributed by atoms with E-state index in [1.165, 1.54) is 90.4 Å². The van der Waals surface area contributed by atoms with Crippen LogP contribution in [-0.4, -0.2) is 29.4 Å². The summed E-state index contributed by atoms with van der Waals surface area (Å²) in [6, 6.07) is 0. The van der Waals surface area contributed by atoms with E-state index in [-0.39, 0.29) is 35.7 Å². The average Bonchev–Trinajstić information content (AvgIpc) is 2.66. The smallest absolute Gasteiger partial charge is 0.748 e. The van der Waals surface area contributed by atoms with Crippen LogP contribution in [0.2, 0.25) is 0 Å². The van der Waals surface area contributed by atoms with E-state index in [0.717, 1.165) is 38.5 Å². The first-order chi connectivity index (χ1) is 13.9. The second-order valence-corrected chi connectivity index (χ2v) is 10.8. The summed E-state index contributed by atoms with van der Waals surface area (Å²) >= 11 is 0. The van der Waals surface area contributed by atoms with E-state index in [9.17, 15) is 18.1 Å². The van der Waals surface area contributed by atoms with Gasteiger partial charge >= 0.3 is 29.6 Å². The molecule has 1 N–H and O–H groups in total. The number of hydrogen-bond donors (Lipinski definition) is 1. The van der Waals surface area contributed by atoms with E-state index in [1.54, 1.807) is 0 Å². The zero-order chi connectivity index (χ0) is 21.8. The molecule has 0 rings (SSSR count). The summed E-state index contributed by atoms with van der Waals surface area (Å²) in [4.78, 5) is 0. The van der Waals surface area contributed by atoms with E-state index >= 15 is 0 Å². The largest absolute Gasteiger partial charge is 1.00 e. The van der Waals surface area contributed by atoms with Gasteiger partial charge in [0.15, 0.2) is 0 Å². The quantitative estimate of drug-likeness (QED) is 0.151. The van der Waals surface area contributed by atoms with Crippen LogP contribution in [0.25, 0.3) is 0 Å². The van der Waals surface area contributed by atoms with E-state index < -0.39 is 15.4 Å². The third-order valence-corrected chi connectivity index (χ3v) is 7.23. The van der Waals surface area contributed by atoms with Gasteiger partial charge in [-0.1, -0.05) is 116 Å². The minimum atomic E-state index is -4.09. The Morgan fingerprint density at radius 2 is 0.933 bits per heavy atom. The van der Waals surface area contributed by atoms with Gasteiger partial charge < -0.3 is 9.66 Å². The predicted octanol–water partition coefficient (Wildman–Crippen LogP) is 4.11. The molecule has 0 fully saturated rings. The Labute approximate surface area is 210 Å². The second-order valence-electron chi connectivity index (χ2n) is 8.98. The fourth-order valence-corrected chi connectivity index (χ4v) is 4.36. The zero-order valence-corrected chi connectivity index (χ0v) is 23.2. The Bertz CT molecular complexity index is 442. The molecular weight excluding hydrogens is 407 g/mol. The molecule has 0 aromatic heterocycles. The summed E-state index contributed by atoms with van der Waals surface area (Å²) in [6.45, 7) is 3.65. The summed E-state index contributed by atoms with van der Waals surface area (Å²) < 4.78 is 32.4. The van der Waals surface area contributed by atoms with Crippen LogP contribution in [0.3, 0.4) is 0 Å². The molecule has 0 amide bonds.